The molecule has 2 nitrogen and oxygen atoms in total. The van der Waals surface area contributed by atoms with E-state index >= 15 is 0 Å². The summed E-state index contributed by atoms with van der Waals surface area (Å²) in [6.07, 6.45) is 12.3. The number of benzene rings is 1. The van der Waals surface area contributed by atoms with Crippen molar-refractivity contribution in [3.63, 3.8) is 0 Å². The number of aromatic nitrogens is 2. The Balaban J connectivity index is 2.01. The minimum Gasteiger partial charge on any atom is -0.229 e. The molecule has 0 saturated heterocycles. The third-order valence-electron chi connectivity index (χ3n) is 3.25. The van der Waals surface area contributed by atoms with E-state index in [2.05, 4.69) is 66.0 Å². The van der Waals surface area contributed by atoms with Crippen LogP contribution in [-0.2, 0) is 6.42 Å². The van der Waals surface area contributed by atoms with Gasteiger partial charge in [-0.05, 0) is 36.5 Å². The van der Waals surface area contributed by atoms with Crippen molar-refractivity contribution in [3.05, 3.63) is 65.2 Å². The fourth-order valence-corrected chi connectivity index (χ4v) is 2.05. The number of hydrogen-bond donors (Lipinski definition) is 0. The first-order valence-electron chi connectivity index (χ1n) is 7.91. The van der Waals surface area contributed by atoms with E-state index in [1.807, 2.05) is 18.5 Å². The molecule has 2 aromatic rings. The van der Waals surface area contributed by atoms with Gasteiger partial charge >= 0.3 is 0 Å². The second-order valence-electron chi connectivity index (χ2n) is 5.23. The summed E-state index contributed by atoms with van der Waals surface area (Å²) in [6, 6.07) is 8.38. The average molecular weight is 290 g/mol. The van der Waals surface area contributed by atoms with Gasteiger partial charge in [-0.3, -0.25) is 0 Å². The maximum absolute atomic E-state index is 4.28. The Hall–Kier alpha value is -2.40. The molecule has 0 aliphatic rings. The SMILES string of the molecule is CCC/C=C/c1cnc(C#Cc2ccc(CCC)cc2)nc1. The van der Waals surface area contributed by atoms with E-state index in [4.69, 9.17) is 0 Å². The average Bonchev–Trinajstić information content (AvgIpc) is 2.56. The van der Waals surface area contributed by atoms with Crippen LogP contribution in [0.4, 0.5) is 0 Å². The van der Waals surface area contributed by atoms with Crippen LogP contribution in [0.2, 0.25) is 0 Å². The molecule has 0 N–H and O–H groups in total. The third-order valence-corrected chi connectivity index (χ3v) is 3.25. The second-order valence-corrected chi connectivity index (χ2v) is 5.23. The van der Waals surface area contributed by atoms with Gasteiger partial charge in [0, 0.05) is 23.5 Å². The Labute approximate surface area is 133 Å². The normalized spacial score (nSPS) is 10.5. The van der Waals surface area contributed by atoms with E-state index < -0.39 is 0 Å². The highest BCUT2D eigenvalue weighted by molar-refractivity contribution is 5.47. The lowest BCUT2D eigenvalue weighted by atomic mass is 10.1. The van der Waals surface area contributed by atoms with Gasteiger partial charge < -0.3 is 0 Å². The molecule has 1 aromatic carbocycles. The number of unbranched alkanes of at least 4 members (excludes halogenated alkanes) is 1. The molecule has 1 heterocycles. The summed E-state index contributed by atoms with van der Waals surface area (Å²) in [7, 11) is 0. The van der Waals surface area contributed by atoms with Gasteiger partial charge in [-0.15, -0.1) is 0 Å². The fraction of sp³-hybridized carbons (Fsp3) is 0.300. The number of hydrogen-bond acceptors (Lipinski definition) is 2. The molecule has 0 atom stereocenters. The molecule has 0 aliphatic carbocycles. The maximum atomic E-state index is 4.28. The number of allylic oxidation sites excluding steroid dienone is 1. The first-order chi connectivity index (χ1) is 10.8. The predicted molar refractivity (Wildman–Crippen MR) is 92.4 cm³/mol. The Morgan fingerprint density at radius 3 is 2.32 bits per heavy atom. The van der Waals surface area contributed by atoms with E-state index in [0.717, 1.165) is 36.8 Å². The van der Waals surface area contributed by atoms with Crippen LogP contribution in [0.1, 0.15) is 55.6 Å². The van der Waals surface area contributed by atoms with E-state index in [-0.39, 0.29) is 0 Å². The van der Waals surface area contributed by atoms with Crippen LogP contribution in [0.25, 0.3) is 6.08 Å². The summed E-state index contributed by atoms with van der Waals surface area (Å²) in [5.74, 6) is 6.68. The third kappa shape index (κ3) is 5.18. The summed E-state index contributed by atoms with van der Waals surface area (Å²) < 4.78 is 0. The van der Waals surface area contributed by atoms with Gasteiger partial charge in [-0.25, -0.2) is 9.97 Å². The largest absolute Gasteiger partial charge is 0.229 e. The van der Waals surface area contributed by atoms with Gasteiger partial charge in [0.05, 0.1) is 0 Å². The lowest BCUT2D eigenvalue weighted by Gasteiger charge is -1.97. The molecule has 0 bridgehead atoms. The van der Waals surface area contributed by atoms with E-state index in [1.54, 1.807) is 0 Å². The zero-order chi connectivity index (χ0) is 15.6. The standard InChI is InChI=1S/C20H22N2/c1-3-5-6-8-19-15-21-20(22-16-19)14-13-18-11-9-17(7-4-2)10-12-18/h6,8-12,15-16H,3-5,7H2,1-2H3/b8-6+. The van der Waals surface area contributed by atoms with Gasteiger partial charge in [-0.2, -0.15) is 0 Å². The van der Waals surface area contributed by atoms with Crippen LogP contribution in [0.3, 0.4) is 0 Å². The van der Waals surface area contributed by atoms with E-state index in [0.29, 0.717) is 5.82 Å². The Kier molecular flexibility index (Phi) is 6.39. The minimum atomic E-state index is 0.560. The van der Waals surface area contributed by atoms with Crippen LogP contribution < -0.4 is 0 Å². The second kappa shape index (κ2) is 8.79. The summed E-state index contributed by atoms with van der Waals surface area (Å²) >= 11 is 0. The van der Waals surface area contributed by atoms with Crippen molar-refractivity contribution in [1.29, 1.82) is 0 Å². The Morgan fingerprint density at radius 2 is 1.68 bits per heavy atom. The number of nitrogens with zero attached hydrogens (tertiary/aromatic N) is 2. The molecule has 0 unspecified atom stereocenters. The van der Waals surface area contributed by atoms with E-state index in [9.17, 15) is 0 Å². The smallest absolute Gasteiger partial charge is 0.205 e. The molecule has 0 amide bonds. The van der Waals surface area contributed by atoms with Gasteiger partial charge in [0.15, 0.2) is 0 Å². The van der Waals surface area contributed by atoms with Crippen LogP contribution in [0, 0.1) is 11.8 Å². The summed E-state index contributed by atoms with van der Waals surface area (Å²) in [5.41, 5.74) is 3.37. The maximum Gasteiger partial charge on any atom is 0.205 e. The fourth-order valence-electron chi connectivity index (χ4n) is 2.05. The zero-order valence-electron chi connectivity index (χ0n) is 13.3. The van der Waals surface area contributed by atoms with Gasteiger partial charge in [0.2, 0.25) is 5.82 Å². The van der Waals surface area contributed by atoms with Crippen molar-refractivity contribution >= 4 is 6.08 Å². The highest BCUT2D eigenvalue weighted by Gasteiger charge is 1.93. The summed E-state index contributed by atoms with van der Waals surface area (Å²) in [5, 5.41) is 0. The summed E-state index contributed by atoms with van der Waals surface area (Å²) in [6.45, 7) is 4.35. The molecular formula is C20H22N2. The van der Waals surface area contributed by atoms with Crippen molar-refractivity contribution in [1.82, 2.24) is 9.97 Å². The molecule has 2 rings (SSSR count). The van der Waals surface area contributed by atoms with Crippen molar-refractivity contribution < 1.29 is 0 Å². The van der Waals surface area contributed by atoms with Crippen molar-refractivity contribution in [2.24, 2.45) is 0 Å². The van der Waals surface area contributed by atoms with Crippen LogP contribution in [0.15, 0.2) is 42.7 Å². The monoisotopic (exact) mass is 290 g/mol. The lowest BCUT2D eigenvalue weighted by molar-refractivity contribution is 0.922. The van der Waals surface area contributed by atoms with Crippen LogP contribution in [0.5, 0.6) is 0 Å². The molecular weight excluding hydrogens is 268 g/mol. The molecule has 112 valence electrons. The quantitative estimate of drug-likeness (QED) is 0.750. The highest BCUT2D eigenvalue weighted by Crippen LogP contribution is 2.06. The molecule has 0 spiro atoms. The predicted octanol–water partition coefficient (Wildman–Crippen LogP) is 4.64. The van der Waals surface area contributed by atoms with Gasteiger partial charge in [0.25, 0.3) is 0 Å². The topological polar surface area (TPSA) is 25.8 Å². The zero-order valence-corrected chi connectivity index (χ0v) is 13.3. The molecule has 0 radical (unpaired) electrons. The molecule has 0 saturated carbocycles. The van der Waals surface area contributed by atoms with Gasteiger partial charge in [0.1, 0.15) is 0 Å². The Morgan fingerprint density at radius 1 is 0.955 bits per heavy atom. The van der Waals surface area contributed by atoms with Crippen LogP contribution >= 0.6 is 0 Å². The number of aryl methyl sites for hydroxylation is 1. The van der Waals surface area contributed by atoms with Crippen molar-refractivity contribution in [2.75, 3.05) is 0 Å². The minimum absolute atomic E-state index is 0.560. The van der Waals surface area contributed by atoms with Crippen LogP contribution in [-0.4, -0.2) is 9.97 Å². The van der Waals surface area contributed by atoms with Crippen molar-refractivity contribution in [3.8, 4) is 11.8 Å². The van der Waals surface area contributed by atoms with Gasteiger partial charge in [-0.1, -0.05) is 56.9 Å². The Bertz CT molecular complexity index is 656. The molecule has 0 fully saturated rings. The molecule has 0 aliphatic heterocycles. The van der Waals surface area contributed by atoms with Crippen molar-refractivity contribution in [2.45, 2.75) is 39.5 Å². The first kappa shape index (κ1) is 16.0. The molecule has 1 aromatic heterocycles. The lowest BCUT2D eigenvalue weighted by Crippen LogP contribution is -1.89. The molecule has 2 heteroatoms. The first-order valence-corrected chi connectivity index (χ1v) is 7.91. The number of rotatable bonds is 5. The highest BCUT2D eigenvalue weighted by atomic mass is 14.8. The van der Waals surface area contributed by atoms with E-state index in [1.165, 1.54) is 5.56 Å². The molecule has 22 heavy (non-hydrogen) atoms. The summed E-state index contributed by atoms with van der Waals surface area (Å²) in [4.78, 5) is 8.57.